The van der Waals surface area contributed by atoms with Crippen molar-refractivity contribution in [2.45, 2.75) is 25.0 Å². The van der Waals surface area contributed by atoms with Gasteiger partial charge < -0.3 is 0 Å². The number of fused-ring (bicyclic) bond motifs is 1. The molecule has 0 atom stereocenters. The van der Waals surface area contributed by atoms with Gasteiger partial charge in [-0.15, -0.1) is 0 Å². The van der Waals surface area contributed by atoms with Gasteiger partial charge in [-0.25, -0.2) is 23.1 Å². The molecule has 7 heteroatoms. The summed E-state index contributed by atoms with van der Waals surface area (Å²) < 4.78 is 25.4. The predicted octanol–water partition coefficient (Wildman–Crippen LogP) is 1.16. The van der Waals surface area contributed by atoms with Crippen LogP contribution in [0.1, 0.15) is 29.0 Å². The fourth-order valence-electron chi connectivity index (χ4n) is 1.95. The van der Waals surface area contributed by atoms with E-state index in [1.54, 1.807) is 6.07 Å². The molecule has 0 saturated heterocycles. The first-order chi connectivity index (χ1) is 9.47. The van der Waals surface area contributed by atoms with E-state index in [9.17, 15) is 13.2 Å². The van der Waals surface area contributed by atoms with Crippen molar-refractivity contribution in [1.82, 2.24) is 14.7 Å². The molecule has 0 bridgehead atoms. The third-order valence-electron chi connectivity index (χ3n) is 3.24. The molecule has 3 rings (SSSR count). The van der Waals surface area contributed by atoms with Gasteiger partial charge >= 0.3 is 5.91 Å². The molecular weight excluding hydrogens is 278 g/mol. The zero-order valence-corrected chi connectivity index (χ0v) is 11.6. The number of carbonyl (C=O) groups excluding carboxylic acids is 1. The Bertz CT molecular complexity index is 798. The van der Waals surface area contributed by atoms with E-state index < -0.39 is 21.2 Å². The number of hydrogen-bond donors (Lipinski definition) is 1. The fourth-order valence-corrected chi connectivity index (χ4v) is 3.22. The van der Waals surface area contributed by atoms with Crippen molar-refractivity contribution in [1.29, 1.82) is 0 Å². The lowest BCUT2D eigenvalue weighted by molar-refractivity contribution is 0.0971. The lowest BCUT2D eigenvalue weighted by atomic mass is 10.1. The van der Waals surface area contributed by atoms with Crippen LogP contribution < -0.4 is 4.72 Å². The summed E-state index contributed by atoms with van der Waals surface area (Å²) >= 11 is 0. The number of rotatable bonds is 3. The number of aryl methyl sites for hydroxylation is 1. The Labute approximate surface area is 116 Å². The maximum absolute atomic E-state index is 11.9. The Kier molecular flexibility index (Phi) is 2.93. The van der Waals surface area contributed by atoms with E-state index in [2.05, 4.69) is 9.97 Å². The lowest BCUT2D eigenvalue weighted by Gasteiger charge is -2.06. The first-order valence-electron chi connectivity index (χ1n) is 6.26. The summed E-state index contributed by atoms with van der Waals surface area (Å²) in [5.74, 6) is -0.910. The Morgan fingerprint density at radius 1 is 1.35 bits per heavy atom. The molecular formula is C13H13N3O3S. The monoisotopic (exact) mass is 291 g/mol. The second-order valence-corrected chi connectivity index (χ2v) is 6.84. The number of nitrogens with zero attached hydrogens (tertiary/aromatic N) is 2. The average molecular weight is 291 g/mol. The predicted molar refractivity (Wildman–Crippen MR) is 73.7 cm³/mol. The van der Waals surface area contributed by atoms with Crippen molar-refractivity contribution in [2.75, 3.05) is 0 Å². The summed E-state index contributed by atoms with van der Waals surface area (Å²) in [4.78, 5) is 20.0. The summed E-state index contributed by atoms with van der Waals surface area (Å²) in [6.07, 6.45) is 2.73. The molecule has 1 aromatic carbocycles. The highest BCUT2D eigenvalue weighted by Crippen LogP contribution is 2.27. The quantitative estimate of drug-likeness (QED) is 0.916. The van der Waals surface area contributed by atoms with Crippen molar-refractivity contribution in [3.8, 4) is 0 Å². The van der Waals surface area contributed by atoms with Crippen LogP contribution in [0.4, 0.5) is 0 Å². The molecule has 20 heavy (non-hydrogen) atoms. The Hall–Kier alpha value is -2.02. The van der Waals surface area contributed by atoms with Gasteiger partial charge in [-0.2, -0.15) is 0 Å². The second kappa shape index (κ2) is 4.52. The minimum absolute atomic E-state index is 0.132. The average Bonchev–Trinajstić information content (AvgIpc) is 3.22. The van der Waals surface area contributed by atoms with Crippen LogP contribution in [0.15, 0.2) is 24.4 Å². The van der Waals surface area contributed by atoms with Gasteiger partial charge in [-0.3, -0.25) is 4.79 Å². The summed E-state index contributed by atoms with van der Waals surface area (Å²) in [5.41, 5.74) is 1.62. The molecule has 1 heterocycles. The van der Waals surface area contributed by atoms with Gasteiger partial charge in [0, 0.05) is 11.6 Å². The topological polar surface area (TPSA) is 89.0 Å². The van der Waals surface area contributed by atoms with Crippen molar-refractivity contribution >= 4 is 26.8 Å². The van der Waals surface area contributed by atoms with E-state index in [0.717, 1.165) is 10.9 Å². The summed E-state index contributed by atoms with van der Waals surface area (Å²) in [6, 6.07) is 5.51. The molecule has 1 fully saturated rings. The smallest absolute Gasteiger partial charge is 0.265 e. The molecule has 1 amide bonds. The van der Waals surface area contributed by atoms with Gasteiger partial charge in [-0.1, -0.05) is 12.1 Å². The zero-order valence-electron chi connectivity index (χ0n) is 10.8. The SMILES string of the molecule is Cc1cccc2nc(C(=O)NS(=O)(=O)C3CC3)ncc12. The molecule has 1 aliphatic carbocycles. The number of carbonyl (C=O) groups is 1. The summed E-state index contributed by atoms with van der Waals surface area (Å²) in [6.45, 7) is 1.92. The molecule has 1 saturated carbocycles. The molecule has 1 aliphatic rings. The molecule has 104 valence electrons. The van der Waals surface area contributed by atoms with Gasteiger partial charge in [0.15, 0.2) is 0 Å². The van der Waals surface area contributed by atoms with Crippen molar-refractivity contribution in [2.24, 2.45) is 0 Å². The largest absolute Gasteiger partial charge is 0.302 e. The maximum Gasteiger partial charge on any atom is 0.302 e. The van der Waals surface area contributed by atoms with E-state index >= 15 is 0 Å². The number of hydrogen-bond acceptors (Lipinski definition) is 5. The Balaban J connectivity index is 1.92. The first kappa shape index (κ1) is 13.0. The number of aromatic nitrogens is 2. The van der Waals surface area contributed by atoms with Gasteiger partial charge in [0.2, 0.25) is 15.8 Å². The molecule has 0 radical (unpaired) electrons. The van der Waals surface area contributed by atoms with Crippen LogP contribution in [-0.4, -0.2) is 29.5 Å². The second-order valence-electron chi connectivity index (χ2n) is 4.88. The molecule has 0 spiro atoms. The van der Waals surface area contributed by atoms with Crippen molar-refractivity contribution < 1.29 is 13.2 Å². The van der Waals surface area contributed by atoms with Crippen LogP contribution in [0.3, 0.4) is 0 Å². The molecule has 6 nitrogen and oxygen atoms in total. The third-order valence-corrected chi connectivity index (χ3v) is 5.06. The molecule has 0 aliphatic heterocycles. The van der Waals surface area contributed by atoms with E-state index in [0.29, 0.717) is 18.4 Å². The summed E-state index contributed by atoms with van der Waals surface area (Å²) in [7, 11) is -3.58. The minimum atomic E-state index is -3.58. The van der Waals surface area contributed by atoms with Crippen LogP contribution >= 0.6 is 0 Å². The number of benzene rings is 1. The lowest BCUT2D eigenvalue weighted by Crippen LogP contribution is -2.34. The standard InChI is InChI=1S/C13H13N3O3S/c1-8-3-2-4-11-10(8)7-14-12(15-11)13(17)16-20(18,19)9-5-6-9/h2-4,7,9H,5-6H2,1H3,(H,16,17). The Morgan fingerprint density at radius 3 is 2.80 bits per heavy atom. The highest BCUT2D eigenvalue weighted by atomic mass is 32.2. The normalized spacial score (nSPS) is 15.2. The number of sulfonamides is 1. The zero-order chi connectivity index (χ0) is 14.3. The van der Waals surface area contributed by atoms with Crippen molar-refractivity contribution in [3.05, 3.63) is 35.8 Å². The highest BCUT2D eigenvalue weighted by molar-refractivity contribution is 7.91. The molecule has 0 unspecified atom stereocenters. The van der Waals surface area contributed by atoms with Crippen LogP contribution in [0.2, 0.25) is 0 Å². The van der Waals surface area contributed by atoms with Gasteiger partial charge in [-0.05, 0) is 31.4 Å². The first-order valence-corrected chi connectivity index (χ1v) is 7.80. The van der Waals surface area contributed by atoms with Gasteiger partial charge in [0.1, 0.15) is 0 Å². The number of nitrogens with one attached hydrogen (secondary N) is 1. The van der Waals surface area contributed by atoms with Crippen LogP contribution in [0.5, 0.6) is 0 Å². The molecule has 2 aromatic rings. The van der Waals surface area contributed by atoms with E-state index in [4.69, 9.17) is 0 Å². The van der Waals surface area contributed by atoms with Gasteiger partial charge in [0.05, 0.1) is 10.8 Å². The van der Waals surface area contributed by atoms with Crippen LogP contribution in [0, 0.1) is 6.92 Å². The number of amides is 1. The van der Waals surface area contributed by atoms with Crippen LogP contribution in [0.25, 0.3) is 10.9 Å². The van der Waals surface area contributed by atoms with E-state index in [1.165, 1.54) is 6.20 Å². The highest BCUT2D eigenvalue weighted by Gasteiger charge is 2.37. The Morgan fingerprint density at radius 2 is 2.10 bits per heavy atom. The fraction of sp³-hybridized carbons (Fsp3) is 0.308. The van der Waals surface area contributed by atoms with Crippen molar-refractivity contribution in [3.63, 3.8) is 0 Å². The third kappa shape index (κ3) is 2.36. The molecule has 1 aromatic heterocycles. The van der Waals surface area contributed by atoms with Crippen LogP contribution in [-0.2, 0) is 10.0 Å². The van der Waals surface area contributed by atoms with E-state index in [1.807, 2.05) is 23.8 Å². The minimum Gasteiger partial charge on any atom is -0.265 e. The molecule has 1 N–H and O–H groups in total. The van der Waals surface area contributed by atoms with Gasteiger partial charge in [0.25, 0.3) is 0 Å². The van der Waals surface area contributed by atoms with E-state index in [-0.39, 0.29) is 5.82 Å². The summed E-state index contributed by atoms with van der Waals surface area (Å²) in [5, 5.41) is 0.392. The maximum atomic E-state index is 11.9.